The molecule has 0 fully saturated rings. The van der Waals surface area contributed by atoms with Crippen molar-refractivity contribution < 1.29 is 14.0 Å². The van der Waals surface area contributed by atoms with Crippen LogP contribution in [0.2, 0.25) is 0 Å². The lowest BCUT2D eigenvalue weighted by Gasteiger charge is -2.06. The number of hydrogen-bond acceptors (Lipinski definition) is 4. The van der Waals surface area contributed by atoms with E-state index in [2.05, 4.69) is 20.8 Å². The van der Waals surface area contributed by atoms with Gasteiger partial charge in [-0.05, 0) is 55.5 Å². The van der Waals surface area contributed by atoms with Crippen LogP contribution >= 0.6 is 0 Å². The fraction of sp³-hybridized carbons (Fsp3) is 0.0500. The molecule has 7 nitrogen and oxygen atoms in total. The van der Waals surface area contributed by atoms with Crippen molar-refractivity contribution in [2.45, 2.75) is 6.92 Å². The first-order chi connectivity index (χ1) is 13.1. The Kier molecular flexibility index (Phi) is 4.18. The first kappa shape index (κ1) is 16.6. The molecule has 2 amide bonds. The van der Waals surface area contributed by atoms with E-state index in [1.807, 2.05) is 25.1 Å². The fourth-order valence-corrected chi connectivity index (χ4v) is 2.73. The van der Waals surface area contributed by atoms with Crippen molar-refractivity contribution in [1.82, 2.24) is 10.2 Å². The minimum absolute atomic E-state index is 0.230. The van der Waals surface area contributed by atoms with Gasteiger partial charge in [0.15, 0.2) is 11.5 Å². The molecule has 0 aliphatic heterocycles. The van der Waals surface area contributed by atoms with Crippen molar-refractivity contribution in [3.05, 3.63) is 77.9 Å². The first-order valence-electron chi connectivity index (χ1n) is 8.31. The summed E-state index contributed by atoms with van der Waals surface area (Å²) in [6, 6.07) is 15.8. The summed E-state index contributed by atoms with van der Waals surface area (Å²) in [5.74, 6) is -0.414. The van der Waals surface area contributed by atoms with E-state index in [1.54, 1.807) is 36.4 Å². The number of aromatic amines is 1. The molecule has 0 unspecified atom stereocenters. The summed E-state index contributed by atoms with van der Waals surface area (Å²) in [7, 11) is 0. The van der Waals surface area contributed by atoms with Crippen molar-refractivity contribution in [3.63, 3.8) is 0 Å². The lowest BCUT2D eigenvalue weighted by molar-refractivity contribution is 0.0994. The zero-order valence-corrected chi connectivity index (χ0v) is 14.4. The summed E-state index contributed by atoms with van der Waals surface area (Å²) in [4.78, 5) is 24.5. The number of anilines is 2. The maximum Gasteiger partial charge on any atom is 0.291 e. The van der Waals surface area contributed by atoms with Crippen LogP contribution in [0.4, 0.5) is 11.4 Å². The van der Waals surface area contributed by atoms with E-state index in [0.717, 1.165) is 16.5 Å². The van der Waals surface area contributed by atoms with Gasteiger partial charge in [0.25, 0.3) is 11.8 Å². The number of nitrogens with zero attached hydrogens (tertiary/aromatic N) is 1. The number of benzene rings is 2. The Labute approximate surface area is 154 Å². The Bertz CT molecular complexity index is 1110. The highest BCUT2D eigenvalue weighted by atomic mass is 16.3. The SMILES string of the molecule is Cc1ccc2[nH]nc(C(=O)Nc3ccc(NC(=O)c4ccco4)cc3)c2c1. The van der Waals surface area contributed by atoms with Gasteiger partial charge >= 0.3 is 0 Å². The van der Waals surface area contributed by atoms with Crippen LogP contribution in [0.1, 0.15) is 26.6 Å². The molecular weight excluding hydrogens is 344 g/mol. The van der Waals surface area contributed by atoms with Crippen molar-refractivity contribution in [2.24, 2.45) is 0 Å². The Morgan fingerprint density at radius 1 is 0.963 bits per heavy atom. The summed E-state index contributed by atoms with van der Waals surface area (Å²) in [6.45, 7) is 1.96. The maximum atomic E-state index is 12.5. The van der Waals surface area contributed by atoms with Gasteiger partial charge in [-0.1, -0.05) is 11.6 Å². The lowest BCUT2D eigenvalue weighted by Crippen LogP contribution is -2.13. The molecule has 3 N–H and O–H groups in total. The van der Waals surface area contributed by atoms with Crippen molar-refractivity contribution in [2.75, 3.05) is 10.6 Å². The number of hydrogen-bond donors (Lipinski definition) is 3. The number of rotatable bonds is 4. The number of carbonyl (C=O) groups is 2. The van der Waals surface area contributed by atoms with E-state index in [9.17, 15) is 9.59 Å². The molecule has 0 spiro atoms. The molecule has 0 radical (unpaired) electrons. The summed E-state index contributed by atoms with van der Waals surface area (Å²) < 4.78 is 5.05. The number of H-pyrrole nitrogens is 1. The second-order valence-corrected chi connectivity index (χ2v) is 6.08. The van der Waals surface area contributed by atoms with E-state index in [-0.39, 0.29) is 17.6 Å². The van der Waals surface area contributed by atoms with Gasteiger partial charge in [0.2, 0.25) is 0 Å². The smallest absolute Gasteiger partial charge is 0.291 e. The molecule has 0 bridgehead atoms. The number of carbonyl (C=O) groups excluding carboxylic acids is 2. The Hall–Kier alpha value is -3.87. The van der Waals surface area contributed by atoms with Crippen LogP contribution in [0.5, 0.6) is 0 Å². The quantitative estimate of drug-likeness (QED) is 0.513. The highest BCUT2D eigenvalue weighted by Crippen LogP contribution is 2.20. The van der Waals surface area contributed by atoms with E-state index >= 15 is 0 Å². The van der Waals surface area contributed by atoms with Crippen LogP contribution in [0, 0.1) is 6.92 Å². The molecule has 4 aromatic rings. The van der Waals surface area contributed by atoms with E-state index in [4.69, 9.17) is 4.42 Å². The number of nitrogens with one attached hydrogen (secondary N) is 3. The number of furan rings is 1. The first-order valence-corrected chi connectivity index (χ1v) is 8.31. The van der Waals surface area contributed by atoms with Crippen LogP contribution in [0.3, 0.4) is 0 Å². The molecule has 2 heterocycles. The zero-order chi connectivity index (χ0) is 18.8. The van der Waals surface area contributed by atoms with Gasteiger partial charge in [-0.3, -0.25) is 14.7 Å². The molecule has 2 aromatic carbocycles. The lowest BCUT2D eigenvalue weighted by atomic mass is 10.1. The predicted molar refractivity (Wildman–Crippen MR) is 102 cm³/mol. The topological polar surface area (TPSA) is 100 Å². The van der Waals surface area contributed by atoms with Gasteiger partial charge in [0, 0.05) is 16.8 Å². The van der Waals surface area contributed by atoms with Gasteiger partial charge in [-0.25, -0.2) is 0 Å². The summed E-state index contributed by atoms with van der Waals surface area (Å²) in [6.07, 6.45) is 1.44. The third-order valence-corrected chi connectivity index (χ3v) is 4.08. The summed E-state index contributed by atoms with van der Waals surface area (Å²) >= 11 is 0. The molecule has 0 aliphatic carbocycles. The number of fused-ring (bicyclic) bond motifs is 1. The Balaban J connectivity index is 1.47. The third kappa shape index (κ3) is 3.43. The summed E-state index contributed by atoms with van der Waals surface area (Å²) in [5.41, 5.74) is 3.38. The third-order valence-electron chi connectivity index (χ3n) is 4.08. The maximum absolute atomic E-state index is 12.5. The van der Waals surface area contributed by atoms with E-state index in [1.165, 1.54) is 6.26 Å². The second kappa shape index (κ2) is 6.80. The predicted octanol–water partition coefficient (Wildman–Crippen LogP) is 3.97. The average Bonchev–Trinajstić information content (AvgIpc) is 3.32. The zero-order valence-electron chi connectivity index (χ0n) is 14.4. The molecule has 0 atom stereocenters. The van der Waals surface area contributed by atoms with Gasteiger partial charge in [0.1, 0.15) is 0 Å². The van der Waals surface area contributed by atoms with Crippen LogP contribution in [-0.2, 0) is 0 Å². The van der Waals surface area contributed by atoms with Gasteiger partial charge < -0.3 is 15.1 Å². The molecular formula is C20H16N4O3. The van der Waals surface area contributed by atoms with Gasteiger partial charge in [-0.2, -0.15) is 5.10 Å². The summed E-state index contributed by atoms with van der Waals surface area (Å²) in [5, 5.41) is 13.3. The standard InChI is InChI=1S/C20H16N4O3/c1-12-4-9-16-15(11-12)18(24-23-16)20(26)22-14-7-5-13(6-8-14)21-19(25)17-3-2-10-27-17/h2-11H,1H3,(H,21,25)(H,22,26)(H,23,24). The van der Waals surface area contributed by atoms with Gasteiger partial charge in [-0.15, -0.1) is 0 Å². The minimum Gasteiger partial charge on any atom is -0.459 e. The van der Waals surface area contributed by atoms with Crippen molar-refractivity contribution >= 4 is 34.1 Å². The highest BCUT2D eigenvalue weighted by Gasteiger charge is 2.15. The number of aryl methyl sites for hydroxylation is 1. The monoisotopic (exact) mass is 360 g/mol. The molecule has 134 valence electrons. The van der Waals surface area contributed by atoms with Crippen molar-refractivity contribution in [3.8, 4) is 0 Å². The largest absolute Gasteiger partial charge is 0.459 e. The normalized spacial score (nSPS) is 10.7. The second-order valence-electron chi connectivity index (χ2n) is 6.08. The highest BCUT2D eigenvalue weighted by molar-refractivity contribution is 6.11. The van der Waals surface area contributed by atoms with Crippen molar-refractivity contribution in [1.29, 1.82) is 0 Å². The molecule has 0 aliphatic rings. The minimum atomic E-state index is -0.338. The Morgan fingerprint density at radius 2 is 1.67 bits per heavy atom. The fourth-order valence-electron chi connectivity index (χ4n) is 2.73. The van der Waals surface area contributed by atoms with E-state index in [0.29, 0.717) is 17.1 Å². The van der Waals surface area contributed by atoms with Crippen LogP contribution in [0.15, 0.2) is 65.3 Å². The molecule has 27 heavy (non-hydrogen) atoms. The van der Waals surface area contributed by atoms with Crippen LogP contribution in [0.25, 0.3) is 10.9 Å². The number of aromatic nitrogens is 2. The van der Waals surface area contributed by atoms with E-state index < -0.39 is 0 Å². The Morgan fingerprint density at radius 3 is 2.33 bits per heavy atom. The molecule has 4 rings (SSSR count). The molecule has 0 saturated carbocycles. The van der Waals surface area contributed by atoms with Gasteiger partial charge in [0.05, 0.1) is 11.8 Å². The average molecular weight is 360 g/mol. The molecule has 7 heteroatoms. The molecule has 2 aromatic heterocycles. The van der Waals surface area contributed by atoms with Crippen LogP contribution in [-0.4, -0.2) is 22.0 Å². The number of amides is 2. The van der Waals surface area contributed by atoms with Crippen LogP contribution < -0.4 is 10.6 Å². The molecule has 0 saturated heterocycles.